The van der Waals surface area contributed by atoms with Gasteiger partial charge in [0, 0.05) is 34.9 Å². The molecule has 0 aliphatic carbocycles. The van der Waals surface area contributed by atoms with Gasteiger partial charge in [0.15, 0.2) is 17.1 Å². The van der Waals surface area contributed by atoms with Crippen LogP contribution in [0.25, 0.3) is 38.8 Å². The van der Waals surface area contributed by atoms with Gasteiger partial charge in [-0.05, 0) is 29.8 Å². The summed E-state index contributed by atoms with van der Waals surface area (Å²) in [6.07, 6.45) is 0.596. The van der Waals surface area contributed by atoms with E-state index in [1.165, 1.54) is 6.07 Å². The standard InChI is InChI=1S/C31H24N4O4/c1-38-27-18-24-25(19-28(27)39-2)30(21-12-9-15-23(17-21)35(36)37)32-31-29(24)26(16-20-10-5-3-6-11-20)33-34(31)22-13-7-4-8-14-22/h3-15,17-19H,16H2,1-2H3. The molecular weight excluding hydrogens is 492 g/mol. The summed E-state index contributed by atoms with van der Waals surface area (Å²) in [6.45, 7) is 0. The van der Waals surface area contributed by atoms with E-state index in [2.05, 4.69) is 12.1 Å². The lowest BCUT2D eigenvalue weighted by atomic mass is 9.98. The fourth-order valence-electron chi connectivity index (χ4n) is 4.93. The first-order chi connectivity index (χ1) is 19.1. The second kappa shape index (κ2) is 9.90. The van der Waals surface area contributed by atoms with Crippen molar-refractivity contribution < 1.29 is 14.4 Å². The van der Waals surface area contributed by atoms with Crippen molar-refractivity contribution >= 4 is 27.5 Å². The average Bonchev–Trinajstić information content (AvgIpc) is 3.35. The quantitative estimate of drug-likeness (QED) is 0.172. The molecule has 0 aliphatic rings. The third kappa shape index (κ3) is 4.31. The number of non-ortho nitro benzene ring substituents is 1. The van der Waals surface area contributed by atoms with Gasteiger partial charge in [-0.1, -0.05) is 60.7 Å². The van der Waals surface area contributed by atoms with Gasteiger partial charge in [0.1, 0.15) is 0 Å². The molecule has 0 bridgehead atoms. The first kappa shape index (κ1) is 24.1. The maximum atomic E-state index is 11.6. The van der Waals surface area contributed by atoms with Crippen molar-refractivity contribution in [3.05, 3.63) is 118 Å². The molecule has 4 aromatic carbocycles. The van der Waals surface area contributed by atoms with Crippen molar-refractivity contribution in [3.8, 4) is 28.4 Å². The number of nitrogens with zero attached hydrogens (tertiary/aromatic N) is 4. The van der Waals surface area contributed by atoms with Crippen molar-refractivity contribution in [1.82, 2.24) is 14.8 Å². The molecule has 8 nitrogen and oxygen atoms in total. The summed E-state index contributed by atoms with van der Waals surface area (Å²) < 4.78 is 13.1. The Morgan fingerprint density at radius 2 is 1.49 bits per heavy atom. The van der Waals surface area contributed by atoms with Crippen LogP contribution in [0.1, 0.15) is 11.3 Å². The number of fused-ring (bicyclic) bond motifs is 3. The predicted molar refractivity (Wildman–Crippen MR) is 151 cm³/mol. The summed E-state index contributed by atoms with van der Waals surface area (Å²) in [5.74, 6) is 1.11. The number of pyridine rings is 1. The lowest BCUT2D eigenvalue weighted by Crippen LogP contribution is -2.00. The molecule has 6 aromatic rings. The monoisotopic (exact) mass is 516 g/mol. The normalized spacial score (nSPS) is 11.1. The van der Waals surface area contributed by atoms with E-state index < -0.39 is 4.92 Å². The summed E-state index contributed by atoms with van der Waals surface area (Å²) in [7, 11) is 3.18. The number of nitro groups is 1. The Balaban J connectivity index is 1.74. The summed E-state index contributed by atoms with van der Waals surface area (Å²) in [5.41, 5.74) is 4.68. The van der Waals surface area contributed by atoms with Crippen LogP contribution in [0.5, 0.6) is 11.5 Å². The summed E-state index contributed by atoms with van der Waals surface area (Å²) in [4.78, 5) is 16.3. The van der Waals surface area contributed by atoms with E-state index in [0.717, 1.165) is 33.1 Å². The van der Waals surface area contributed by atoms with Crippen LogP contribution < -0.4 is 9.47 Å². The van der Waals surface area contributed by atoms with E-state index in [4.69, 9.17) is 19.6 Å². The largest absolute Gasteiger partial charge is 0.493 e. The molecule has 0 fully saturated rings. The summed E-state index contributed by atoms with van der Waals surface area (Å²) in [6, 6.07) is 30.3. The molecule has 2 aromatic heterocycles. The Labute approximate surface area is 224 Å². The lowest BCUT2D eigenvalue weighted by Gasteiger charge is -2.14. The average molecular weight is 517 g/mol. The zero-order valence-electron chi connectivity index (χ0n) is 21.4. The molecule has 0 saturated heterocycles. The number of nitro benzene ring substituents is 1. The van der Waals surface area contributed by atoms with Crippen LogP contribution in [0.4, 0.5) is 5.69 Å². The fourth-order valence-corrected chi connectivity index (χ4v) is 4.93. The van der Waals surface area contributed by atoms with Gasteiger partial charge in [-0.15, -0.1) is 0 Å². The van der Waals surface area contributed by atoms with Crippen LogP contribution in [0.2, 0.25) is 0 Å². The Morgan fingerprint density at radius 1 is 0.821 bits per heavy atom. The maximum Gasteiger partial charge on any atom is 0.270 e. The number of para-hydroxylation sites is 1. The molecule has 0 atom stereocenters. The number of rotatable bonds is 7. The molecule has 2 heterocycles. The smallest absolute Gasteiger partial charge is 0.270 e. The molecule has 39 heavy (non-hydrogen) atoms. The number of aromatic nitrogens is 3. The highest BCUT2D eigenvalue weighted by Crippen LogP contribution is 2.41. The predicted octanol–water partition coefficient (Wildman–Crippen LogP) is 6.76. The van der Waals surface area contributed by atoms with Gasteiger partial charge in [0.05, 0.1) is 41.6 Å². The molecule has 0 amide bonds. The van der Waals surface area contributed by atoms with Crippen LogP contribution in [-0.4, -0.2) is 33.9 Å². The fraction of sp³-hybridized carbons (Fsp3) is 0.0968. The highest BCUT2D eigenvalue weighted by Gasteiger charge is 2.23. The minimum atomic E-state index is -0.403. The van der Waals surface area contributed by atoms with Crippen LogP contribution in [0.15, 0.2) is 97.1 Å². The summed E-state index contributed by atoms with van der Waals surface area (Å²) in [5, 5.41) is 19.2. The van der Waals surface area contributed by atoms with Gasteiger partial charge in [-0.3, -0.25) is 10.1 Å². The minimum absolute atomic E-state index is 0.00985. The van der Waals surface area contributed by atoms with E-state index in [9.17, 15) is 10.1 Å². The molecule has 0 N–H and O–H groups in total. The molecule has 8 heteroatoms. The van der Waals surface area contributed by atoms with Gasteiger partial charge in [-0.2, -0.15) is 5.10 Å². The molecular formula is C31H24N4O4. The molecule has 0 spiro atoms. The van der Waals surface area contributed by atoms with Gasteiger partial charge >= 0.3 is 0 Å². The first-order valence-corrected chi connectivity index (χ1v) is 12.4. The molecule has 6 rings (SSSR count). The second-order valence-electron chi connectivity index (χ2n) is 9.08. The Morgan fingerprint density at radius 3 is 2.15 bits per heavy atom. The van der Waals surface area contributed by atoms with E-state index in [-0.39, 0.29) is 5.69 Å². The zero-order chi connectivity index (χ0) is 26.9. The molecule has 192 valence electrons. The number of ether oxygens (including phenoxy) is 2. The summed E-state index contributed by atoms with van der Waals surface area (Å²) >= 11 is 0. The second-order valence-corrected chi connectivity index (χ2v) is 9.08. The number of methoxy groups -OCH3 is 2. The molecule has 0 radical (unpaired) electrons. The highest BCUT2D eigenvalue weighted by molar-refractivity contribution is 6.12. The molecule has 0 saturated carbocycles. The minimum Gasteiger partial charge on any atom is -0.493 e. The van der Waals surface area contributed by atoms with Gasteiger partial charge in [0.2, 0.25) is 0 Å². The Kier molecular flexibility index (Phi) is 6.13. The van der Waals surface area contributed by atoms with Crippen molar-refractivity contribution in [2.45, 2.75) is 6.42 Å². The van der Waals surface area contributed by atoms with Crippen molar-refractivity contribution in [2.24, 2.45) is 0 Å². The van der Waals surface area contributed by atoms with Crippen molar-refractivity contribution in [2.75, 3.05) is 14.2 Å². The number of hydrogen-bond donors (Lipinski definition) is 0. The third-order valence-corrected chi connectivity index (χ3v) is 6.74. The lowest BCUT2D eigenvalue weighted by molar-refractivity contribution is -0.384. The van der Waals surface area contributed by atoms with Gasteiger partial charge in [-0.25, -0.2) is 9.67 Å². The molecule has 0 unspecified atom stereocenters. The third-order valence-electron chi connectivity index (χ3n) is 6.74. The maximum absolute atomic E-state index is 11.6. The van der Waals surface area contributed by atoms with Crippen LogP contribution in [0, 0.1) is 10.1 Å². The Hall–Kier alpha value is -5.24. The van der Waals surface area contributed by atoms with Crippen LogP contribution in [-0.2, 0) is 6.42 Å². The highest BCUT2D eigenvalue weighted by atomic mass is 16.6. The first-order valence-electron chi connectivity index (χ1n) is 12.4. The number of hydrogen-bond acceptors (Lipinski definition) is 6. The Bertz CT molecular complexity index is 1830. The van der Waals surface area contributed by atoms with Crippen LogP contribution in [0.3, 0.4) is 0 Å². The van der Waals surface area contributed by atoms with E-state index in [1.807, 2.05) is 71.4 Å². The van der Waals surface area contributed by atoms with Crippen molar-refractivity contribution in [3.63, 3.8) is 0 Å². The van der Waals surface area contributed by atoms with E-state index in [1.54, 1.807) is 26.4 Å². The van der Waals surface area contributed by atoms with E-state index >= 15 is 0 Å². The van der Waals surface area contributed by atoms with Crippen molar-refractivity contribution in [1.29, 1.82) is 0 Å². The zero-order valence-corrected chi connectivity index (χ0v) is 21.4. The van der Waals surface area contributed by atoms with E-state index in [0.29, 0.717) is 34.8 Å². The van der Waals surface area contributed by atoms with Crippen LogP contribution >= 0.6 is 0 Å². The topological polar surface area (TPSA) is 92.3 Å². The van der Waals surface area contributed by atoms with Gasteiger partial charge in [0.25, 0.3) is 5.69 Å². The molecule has 0 aliphatic heterocycles. The van der Waals surface area contributed by atoms with Gasteiger partial charge < -0.3 is 9.47 Å². The SMILES string of the molecule is COc1cc2c(-c3cccc([N+](=O)[O-])c3)nc3c(c(Cc4ccccc4)nn3-c3ccccc3)c2cc1OC. The number of benzene rings is 4.